The summed E-state index contributed by atoms with van der Waals surface area (Å²) in [6.45, 7) is 0.116. The Morgan fingerprint density at radius 3 is 2.91 bits per heavy atom. The second kappa shape index (κ2) is 5.65. The average molecular weight is 302 g/mol. The van der Waals surface area contributed by atoms with E-state index in [2.05, 4.69) is 4.79 Å². The van der Waals surface area contributed by atoms with E-state index in [1.807, 2.05) is 18.2 Å². The molecule has 0 aromatic heterocycles. The van der Waals surface area contributed by atoms with Gasteiger partial charge in [-0.2, -0.15) is 4.79 Å². The fourth-order valence-corrected chi connectivity index (χ4v) is 3.55. The van der Waals surface area contributed by atoms with Gasteiger partial charge in [-0.25, -0.2) is 0 Å². The van der Waals surface area contributed by atoms with Crippen molar-refractivity contribution in [2.75, 3.05) is 21.0 Å². The van der Waals surface area contributed by atoms with Crippen molar-refractivity contribution in [3.05, 3.63) is 34.9 Å². The Morgan fingerprint density at radius 1 is 1.41 bits per heavy atom. The molecule has 6 nitrogen and oxygen atoms in total. The minimum atomic E-state index is -0.685. The Kier molecular flexibility index (Phi) is 3.83. The molecule has 116 valence electrons. The molecule has 22 heavy (non-hydrogen) atoms. The first kappa shape index (κ1) is 14.9. The Balaban J connectivity index is 2.11. The van der Waals surface area contributed by atoms with Gasteiger partial charge in [-0.15, -0.1) is 0 Å². The van der Waals surface area contributed by atoms with Crippen molar-refractivity contribution >= 4 is 11.5 Å². The molecular formula is C16H18N2O4. The molecule has 0 heterocycles. The van der Waals surface area contributed by atoms with Crippen molar-refractivity contribution in [3.63, 3.8) is 0 Å². The van der Waals surface area contributed by atoms with Crippen LogP contribution in [0, 0.1) is 5.92 Å². The largest absolute Gasteiger partial charge is 0.497 e. The lowest BCUT2D eigenvalue weighted by Gasteiger charge is -2.43. The summed E-state index contributed by atoms with van der Waals surface area (Å²) in [6.07, 6.45) is 1.43. The number of carbonyl (C=O) groups is 1. The lowest BCUT2D eigenvalue weighted by molar-refractivity contribution is -0.162. The summed E-state index contributed by atoms with van der Waals surface area (Å²) < 4.78 is 16.3. The fourth-order valence-electron chi connectivity index (χ4n) is 3.55. The van der Waals surface area contributed by atoms with Crippen LogP contribution in [0.15, 0.2) is 18.2 Å². The molecule has 1 saturated carbocycles. The van der Waals surface area contributed by atoms with Crippen LogP contribution < -0.4 is 4.74 Å². The van der Waals surface area contributed by atoms with Crippen LogP contribution in [0.1, 0.15) is 24.0 Å². The van der Waals surface area contributed by atoms with Gasteiger partial charge < -0.3 is 19.7 Å². The number of fused-ring (bicyclic) bond motifs is 4. The first-order chi connectivity index (χ1) is 10.6. The van der Waals surface area contributed by atoms with Gasteiger partial charge in [0.25, 0.3) is 0 Å². The fraction of sp³-hybridized carbons (Fsp3) is 0.500. The first-order valence-electron chi connectivity index (χ1n) is 7.19. The van der Waals surface area contributed by atoms with E-state index in [1.54, 1.807) is 14.2 Å². The quantitative estimate of drug-likeness (QED) is 0.482. The van der Waals surface area contributed by atoms with Gasteiger partial charge in [0, 0.05) is 13.0 Å². The summed E-state index contributed by atoms with van der Waals surface area (Å²) in [5.41, 5.74) is 10.7. The van der Waals surface area contributed by atoms with E-state index in [0.29, 0.717) is 12.8 Å². The van der Waals surface area contributed by atoms with Gasteiger partial charge in [0.2, 0.25) is 5.78 Å². The Hall–Kier alpha value is -2.01. The summed E-state index contributed by atoms with van der Waals surface area (Å²) in [6, 6.07) is 5.79. The van der Waals surface area contributed by atoms with Crippen molar-refractivity contribution in [1.29, 1.82) is 0 Å². The average Bonchev–Trinajstić information content (AvgIpc) is 2.55. The molecule has 0 saturated heterocycles. The van der Waals surface area contributed by atoms with Gasteiger partial charge in [0.05, 0.1) is 13.5 Å². The maximum absolute atomic E-state index is 12.3. The number of Topliss-reactive ketones (excluding diaryl/α,β-unsaturated/α-hetero) is 1. The van der Waals surface area contributed by atoms with Crippen LogP contribution >= 0.6 is 0 Å². The number of hydrogen-bond donors (Lipinski definition) is 0. The molecule has 2 aliphatic carbocycles. The molecule has 2 atom stereocenters. The normalized spacial score (nSPS) is 26.4. The Bertz CT molecular complexity index is 666. The maximum Gasteiger partial charge on any atom is 0.337 e. The summed E-state index contributed by atoms with van der Waals surface area (Å²) in [5.74, 6) is 0.410. The van der Waals surface area contributed by atoms with Gasteiger partial charge >= 0.3 is 5.71 Å². The van der Waals surface area contributed by atoms with E-state index in [1.165, 1.54) is 0 Å². The molecule has 2 aliphatic rings. The standard InChI is InChI=1S/C16H18N2O4/c1-20-9-22-16-7-11(15(19)14(8-16)18-17)5-10-6-12(21-2)3-4-13(10)16/h3-4,6,11H,5,7-9H2,1-2H3/t11-,16-/m1/s1. The van der Waals surface area contributed by atoms with Crippen molar-refractivity contribution in [2.24, 2.45) is 5.92 Å². The van der Waals surface area contributed by atoms with Crippen molar-refractivity contribution < 1.29 is 23.8 Å². The van der Waals surface area contributed by atoms with Crippen LogP contribution in [-0.2, 0) is 26.3 Å². The molecule has 1 aromatic rings. The number of hydrogen-bond acceptors (Lipinski definition) is 4. The van der Waals surface area contributed by atoms with Gasteiger partial charge in [0.15, 0.2) is 0 Å². The predicted octanol–water partition coefficient (Wildman–Crippen LogP) is 1.72. The zero-order valence-electron chi connectivity index (χ0n) is 12.7. The van der Waals surface area contributed by atoms with Gasteiger partial charge in [-0.3, -0.25) is 4.79 Å². The van der Waals surface area contributed by atoms with Crippen molar-refractivity contribution in [2.45, 2.75) is 24.9 Å². The zero-order valence-corrected chi connectivity index (χ0v) is 12.7. The lowest BCUT2D eigenvalue weighted by atomic mass is 9.65. The number of carbonyl (C=O) groups excluding carboxylic acids is 1. The third kappa shape index (κ3) is 2.25. The number of ketones is 1. The monoisotopic (exact) mass is 302 g/mol. The van der Waals surface area contributed by atoms with Crippen LogP contribution in [0.2, 0.25) is 0 Å². The van der Waals surface area contributed by atoms with Crippen LogP contribution in [-0.4, -0.2) is 37.3 Å². The van der Waals surface area contributed by atoms with E-state index >= 15 is 0 Å². The maximum atomic E-state index is 12.3. The zero-order chi connectivity index (χ0) is 15.7. The van der Waals surface area contributed by atoms with Gasteiger partial charge in [0.1, 0.15) is 18.1 Å². The van der Waals surface area contributed by atoms with Gasteiger partial charge in [-0.05, 0) is 36.1 Å². The summed E-state index contributed by atoms with van der Waals surface area (Å²) in [4.78, 5) is 15.5. The van der Waals surface area contributed by atoms with E-state index in [0.717, 1.165) is 16.9 Å². The highest BCUT2D eigenvalue weighted by molar-refractivity contribution is 6.39. The van der Waals surface area contributed by atoms with E-state index in [4.69, 9.17) is 19.7 Å². The highest BCUT2D eigenvalue weighted by Gasteiger charge is 2.53. The third-order valence-electron chi connectivity index (χ3n) is 4.53. The minimum absolute atomic E-state index is 0.104. The van der Waals surface area contributed by atoms with Crippen molar-refractivity contribution in [1.82, 2.24) is 0 Å². The third-order valence-corrected chi connectivity index (χ3v) is 4.53. The topological polar surface area (TPSA) is 81.2 Å². The van der Waals surface area contributed by atoms with Crippen LogP contribution in [0.25, 0.3) is 5.53 Å². The molecule has 3 rings (SSSR count). The molecule has 0 N–H and O–H groups in total. The summed E-state index contributed by atoms with van der Waals surface area (Å²) in [7, 11) is 3.17. The molecule has 2 bridgehead atoms. The van der Waals surface area contributed by atoms with E-state index in [-0.39, 0.29) is 30.6 Å². The van der Waals surface area contributed by atoms with E-state index in [9.17, 15) is 4.79 Å². The number of nitrogens with zero attached hydrogens (tertiary/aromatic N) is 2. The van der Waals surface area contributed by atoms with Gasteiger partial charge in [-0.1, -0.05) is 6.07 Å². The second-order valence-electron chi connectivity index (χ2n) is 5.76. The number of methoxy groups -OCH3 is 2. The molecule has 1 aromatic carbocycles. The summed E-state index contributed by atoms with van der Waals surface area (Å²) >= 11 is 0. The number of ether oxygens (including phenoxy) is 3. The molecule has 0 radical (unpaired) electrons. The minimum Gasteiger partial charge on any atom is -0.497 e. The van der Waals surface area contributed by atoms with Crippen LogP contribution in [0.3, 0.4) is 0 Å². The van der Waals surface area contributed by atoms with Crippen molar-refractivity contribution in [3.8, 4) is 5.75 Å². The second-order valence-corrected chi connectivity index (χ2v) is 5.76. The molecule has 1 fully saturated rings. The highest BCUT2D eigenvalue weighted by Crippen LogP contribution is 2.47. The Labute approximate surface area is 128 Å². The molecule has 0 spiro atoms. The molecule has 0 aliphatic heterocycles. The smallest absolute Gasteiger partial charge is 0.337 e. The Morgan fingerprint density at radius 2 is 2.23 bits per heavy atom. The number of benzene rings is 1. The predicted molar refractivity (Wildman–Crippen MR) is 77.7 cm³/mol. The lowest BCUT2D eigenvalue weighted by Crippen LogP contribution is -2.49. The van der Waals surface area contributed by atoms with Crippen LogP contribution in [0.4, 0.5) is 0 Å². The number of rotatable bonds is 4. The molecular weight excluding hydrogens is 284 g/mol. The SMILES string of the molecule is COCO[C@]12CC(=[N+]=[N-])C(=O)[C@H](Cc3cc(OC)ccc31)C2. The molecule has 6 heteroatoms. The molecule has 0 unspecified atom stereocenters. The first-order valence-corrected chi connectivity index (χ1v) is 7.19. The summed E-state index contributed by atoms with van der Waals surface area (Å²) in [5, 5.41) is 0. The van der Waals surface area contributed by atoms with E-state index < -0.39 is 5.60 Å². The highest BCUT2D eigenvalue weighted by atomic mass is 16.7. The molecule has 0 amide bonds. The van der Waals surface area contributed by atoms with Crippen LogP contribution in [0.5, 0.6) is 5.75 Å².